The highest BCUT2D eigenvalue weighted by molar-refractivity contribution is 5.87. The Kier molecular flexibility index (Phi) is 5.89. The molecule has 0 aliphatic rings. The molecular weight excluding hydrogens is 386 g/mol. The van der Waals surface area contributed by atoms with Crippen LogP contribution in [0.1, 0.15) is 23.9 Å². The molecule has 1 amide bonds. The number of hydrogen-bond donors (Lipinski definition) is 2. The molecule has 2 aromatic heterocycles. The van der Waals surface area contributed by atoms with Crippen LogP contribution < -0.4 is 11.1 Å². The number of amides is 1. The minimum atomic E-state index is -0.259. The number of pyridine rings is 1. The molecule has 6 heteroatoms. The van der Waals surface area contributed by atoms with Crippen molar-refractivity contribution in [2.75, 3.05) is 5.73 Å². The van der Waals surface area contributed by atoms with Crippen molar-refractivity contribution in [2.45, 2.75) is 26.8 Å². The first-order valence-corrected chi connectivity index (χ1v) is 10.3. The second-order valence-electron chi connectivity index (χ2n) is 7.74. The van der Waals surface area contributed by atoms with Gasteiger partial charge in [0.25, 0.3) is 0 Å². The topological polar surface area (TPSA) is 93.8 Å². The van der Waals surface area contributed by atoms with E-state index in [9.17, 15) is 4.79 Å². The largest absolute Gasteiger partial charge is 0.383 e. The highest BCUT2D eigenvalue weighted by atomic mass is 16.1. The van der Waals surface area contributed by atoms with Gasteiger partial charge in [-0.15, -0.1) is 0 Å². The van der Waals surface area contributed by atoms with Gasteiger partial charge in [-0.2, -0.15) is 0 Å². The van der Waals surface area contributed by atoms with Crippen LogP contribution in [0.4, 0.5) is 5.82 Å². The monoisotopic (exact) mass is 411 g/mol. The van der Waals surface area contributed by atoms with Gasteiger partial charge in [-0.3, -0.25) is 4.79 Å². The quantitative estimate of drug-likeness (QED) is 0.499. The highest BCUT2D eigenvalue weighted by Crippen LogP contribution is 2.28. The number of nitrogens with zero attached hydrogens (tertiary/aromatic N) is 3. The summed E-state index contributed by atoms with van der Waals surface area (Å²) in [6.07, 6.45) is 3.82. The van der Waals surface area contributed by atoms with Gasteiger partial charge in [-0.1, -0.05) is 37.3 Å². The van der Waals surface area contributed by atoms with Crippen molar-refractivity contribution in [1.82, 2.24) is 20.3 Å². The number of anilines is 1. The third-order valence-corrected chi connectivity index (χ3v) is 5.40. The van der Waals surface area contributed by atoms with E-state index in [0.717, 1.165) is 22.0 Å². The fourth-order valence-electron chi connectivity index (χ4n) is 3.65. The Labute approximate surface area is 181 Å². The SMILES string of the molecule is Cc1ccccc1-c1ccc2nc(N)c(C[C@@H](C)C(=O)NCc3ncccn3)cc2c1. The first kappa shape index (κ1) is 20.5. The lowest BCUT2D eigenvalue weighted by Crippen LogP contribution is -2.30. The predicted octanol–water partition coefficient (Wildman–Crippen LogP) is 4.08. The lowest BCUT2D eigenvalue weighted by Gasteiger charge is -2.14. The number of rotatable bonds is 6. The molecule has 1 atom stereocenters. The average molecular weight is 412 g/mol. The van der Waals surface area contributed by atoms with E-state index in [1.807, 2.05) is 31.2 Å². The van der Waals surface area contributed by atoms with Crippen molar-refractivity contribution in [1.29, 1.82) is 0 Å². The zero-order chi connectivity index (χ0) is 21.8. The summed E-state index contributed by atoms with van der Waals surface area (Å²) in [5.41, 5.74) is 11.5. The third-order valence-electron chi connectivity index (χ3n) is 5.40. The number of aromatic nitrogens is 3. The molecule has 31 heavy (non-hydrogen) atoms. The molecule has 0 aliphatic carbocycles. The van der Waals surface area contributed by atoms with Gasteiger partial charge in [-0.25, -0.2) is 15.0 Å². The van der Waals surface area contributed by atoms with E-state index in [2.05, 4.69) is 51.5 Å². The molecule has 156 valence electrons. The van der Waals surface area contributed by atoms with Crippen LogP contribution in [-0.2, 0) is 17.8 Å². The molecular formula is C25H25N5O. The number of hydrogen-bond acceptors (Lipinski definition) is 5. The van der Waals surface area contributed by atoms with Crippen LogP contribution in [0.25, 0.3) is 22.0 Å². The summed E-state index contributed by atoms with van der Waals surface area (Å²) in [7, 11) is 0. The predicted molar refractivity (Wildman–Crippen MR) is 123 cm³/mol. The summed E-state index contributed by atoms with van der Waals surface area (Å²) in [5, 5.41) is 3.90. The number of nitrogen functional groups attached to an aromatic ring is 1. The summed E-state index contributed by atoms with van der Waals surface area (Å²) in [6.45, 7) is 4.29. The highest BCUT2D eigenvalue weighted by Gasteiger charge is 2.16. The molecule has 0 bridgehead atoms. The maximum absolute atomic E-state index is 12.5. The molecule has 6 nitrogen and oxygen atoms in total. The van der Waals surface area contributed by atoms with Gasteiger partial charge < -0.3 is 11.1 Å². The van der Waals surface area contributed by atoms with Gasteiger partial charge in [0.15, 0.2) is 0 Å². The van der Waals surface area contributed by atoms with Crippen molar-refractivity contribution in [3.8, 4) is 11.1 Å². The van der Waals surface area contributed by atoms with Crippen molar-refractivity contribution in [2.24, 2.45) is 5.92 Å². The molecule has 4 aromatic rings. The van der Waals surface area contributed by atoms with E-state index in [1.165, 1.54) is 11.1 Å². The summed E-state index contributed by atoms with van der Waals surface area (Å²) >= 11 is 0. The first-order chi connectivity index (χ1) is 15.0. The maximum atomic E-state index is 12.5. The second-order valence-corrected chi connectivity index (χ2v) is 7.74. The first-order valence-electron chi connectivity index (χ1n) is 10.3. The van der Waals surface area contributed by atoms with Crippen LogP contribution in [0.2, 0.25) is 0 Å². The zero-order valence-corrected chi connectivity index (χ0v) is 17.7. The molecule has 0 aliphatic heterocycles. The molecule has 0 spiro atoms. The Morgan fingerprint density at radius 3 is 2.61 bits per heavy atom. The second kappa shape index (κ2) is 8.92. The minimum absolute atomic E-state index is 0.0689. The van der Waals surface area contributed by atoms with Crippen LogP contribution >= 0.6 is 0 Å². The maximum Gasteiger partial charge on any atom is 0.223 e. The fraction of sp³-hybridized carbons (Fsp3) is 0.200. The van der Waals surface area contributed by atoms with E-state index >= 15 is 0 Å². The van der Waals surface area contributed by atoms with Crippen LogP contribution in [0.5, 0.6) is 0 Å². The van der Waals surface area contributed by atoms with E-state index in [4.69, 9.17) is 5.73 Å². The van der Waals surface area contributed by atoms with Gasteiger partial charge in [0, 0.05) is 23.7 Å². The Hall–Kier alpha value is -3.80. The molecule has 0 radical (unpaired) electrons. The Bertz CT molecular complexity index is 1220. The summed E-state index contributed by atoms with van der Waals surface area (Å²) in [4.78, 5) is 25.4. The molecule has 4 rings (SSSR count). The molecule has 0 saturated heterocycles. The number of nitrogens with two attached hydrogens (primary N) is 1. The van der Waals surface area contributed by atoms with Gasteiger partial charge >= 0.3 is 0 Å². The number of carbonyl (C=O) groups excluding carboxylic acids is 1. The van der Waals surface area contributed by atoms with E-state index in [-0.39, 0.29) is 11.8 Å². The lowest BCUT2D eigenvalue weighted by atomic mass is 9.96. The van der Waals surface area contributed by atoms with E-state index in [1.54, 1.807) is 18.5 Å². The van der Waals surface area contributed by atoms with Gasteiger partial charge in [0.2, 0.25) is 5.91 Å². The summed E-state index contributed by atoms with van der Waals surface area (Å²) < 4.78 is 0. The normalized spacial score (nSPS) is 11.9. The van der Waals surface area contributed by atoms with Crippen LogP contribution in [0, 0.1) is 12.8 Å². The van der Waals surface area contributed by atoms with Crippen LogP contribution in [-0.4, -0.2) is 20.9 Å². The average Bonchev–Trinajstić information content (AvgIpc) is 2.78. The van der Waals surface area contributed by atoms with E-state index in [0.29, 0.717) is 24.6 Å². The minimum Gasteiger partial charge on any atom is -0.383 e. The van der Waals surface area contributed by atoms with Crippen LogP contribution in [0.15, 0.2) is 67.0 Å². The van der Waals surface area contributed by atoms with Crippen molar-refractivity contribution < 1.29 is 4.79 Å². The third kappa shape index (κ3) is 4.69. The molecule has 0 fully saturated rings. The van der Waals surface area contributed by atoms with Crippen molar-refractivity contribution >= 4 is 22.6 Å². The number of benzene rings is 2. The Morgan fingerprint density at radius 1 is 1.06 bits per heavy atom. The number of nitrogens with one attached hydrogen (secondary N) is 1. The number of aryl methyl sites for hydroxylation is 1. The van der Waals surface area contributed by atoms with Gasteiger partial charge in [0.1, 0.15) is 11.6 Å². The Balaban J connectivity index is 1.53. The molecule has 0 saturated carbocycles. The smallest absolute Gasteiger partial charge is 0.223 e. The van der Waals surface area contributed by atoms with Gasteiger partial charge in [-0.05, 0) is 59.9 Å². The zero-order valence-electron chi connectivity index (χ0n) is 17.7. The Morgan fingerprint density at radius 2 is 1.84 bits per heavy atom. The van der Waals surface area contributed by atoms with Crippen molar-refractivity contribution in [3.63, 3.8) is 0 Å². The molecule has 2 aromatic carbocycles. The number of carbonyl (C=O) groups is 1. The van der Waals surface area contributed by atoms with Crippen LogP contribution in [0.3, 0.4) is 0 Å². The molecule has 3 N–H and O–H groups in total. The standard InChI is InChI=1S/C25H25N5O/c1-16-6-3-4-7-21(16)18-8-9-22-19(13-18)14-20(24(26)30-22)12-17(2)25(31)29-15-23-27-10-5-11-28-23/h3-11,13-14,17H,12,15H2,1-2H3,(H2,26,30)(H,29,31)/t17-/m1/s1. The lowest BCUT2D eigenvalue weighted by molar-refractivity contribution is -0.124. The molecule has 0 unspecified atom stereocenters. The molecule has 2 heterocycles. The summed E-state index contributed by atoms with van der Waals surface area (Å²) in [5.74, 6) is 0.714. The van der Waals surface area contributed by atoms with Gasteiger partial charge in [0.05, 0.1) is 12.1 Å². The summed E-state index contributed by atoms with van der Waals surface area (Å²) in [6, 6.07) is 18.3. The number of fused-ring (bicyclic) bond motifs is 1. The fourth-order valence-corrected chi connectivity index (χ4v) is 3.65. The van der Waals surface area contributed by atoms with E-state index < -0.39 is 0 Å². The van der Waals surface area contributed by atoms with Crippen molar-refractivity contribution in [3.05, 3.63) is 83.9 Å².